The quantitative estimate of drug-likeness (QED) is 0.772. The van der Waals surface area contributed by atoms with Crippen LogP contribution in [0.1, 0.15) is 30.9 Å². The molecular formula is C17H28ClN3O3S. The number of nitrogens with two attached hydrogens (primary N) is 1. The summed E-state index contributed by atoms with van der Waals surface area (Å²) >= 11 is 0. The van der Waals surface area contributed by atoms with E-state index in [2.05, 4.69) is 11.6 Å². The largest absolute Gasteiger partial charge is 0.342 e. The summed E-state index contributed by atoms with van der Waals surface area (Å²) in [5.41, 5.74) is 7.31. The van der Waals surface area contributed by atoms with Crippen LogP contribution in [0.25, 0.3) is 0 Å². The van der Waals surface area contributed by atoms with Gasteiger partial charge in [0.25, 0.3) is 0 Å². The molecule has 8 heteroatoms. The Morgan fingerprint density at radius 2 is 2.04 bits per heavy atom. The Labute approximate surface area is 156 Å². The number of hydrogen-bond donors (Lipinski definition) is 2. The smallest absolute Gasteiger partial charge is 0.240 e. The third-order valence-electron chi connectivity index (χ3n) is 4.67. The normalized spacial score (nSPS) is 20.4. The molecular weight excluding hydrogens is 362 g/mol. The van der Waals surface area contributed by atoms with Gasteiger partial charge < -0.3 is 10.6 Å². The minimum atomic E-state index is -3.60. The minimum absolute atomic E-state index is 0. The second-order valence-electron chi connectivity index (χ2n) is 7.00. The number of aryl methyl sites for hydroxylation is 2. The Morgan fingerprint density at radius 3 is 2.64 bits per heavy atom. The molecule has 1 saturated heterocycles. The van der Waals surface area contributed by atoms with Gasteiger partial charge in [-0.1, -0.05) is 19.1 Å². The number of nitrogens with one attached hydrogen (secondary N) is 1. The highest BCUT2D eigenvalue weighted by Gasteiger charge is 2.34. The molecule has 0 saturated carbocycles. The maximum absolute atomic E-state index is 12.4. The van der Waals surface area contributed by atoms with Gasteiger partial charge in [0.15, 0.2) is 0 Å². The zero-order chi connectivity index (χ0) is 18.0. The van der Waals surface area contributed by atoms with E-state index in [0.29, 0.717) is 25.2 Å². The summed E-state index contributed by atoms with van der Waals surface area (Å²) in [7, 11) is -3.60. The average Bonchev–Trinajstić information content (AvgIpc) is 2.92. The molecule has 3 N–H and O–H groups in total. The van der Waals surface area contributed by atoms with Crippen LogP contribution < -0.4 is 10.5 Å². The van der Waals surface area contributed by atoms with Gasteiger partial charge in [0.1, 0.15) is 0 Å². The van der Waals surface area contributed by atoms with Crippen molar-refractivity contribution in [1.29, 1.82) is 0 Å². The summed E-state index contributed by atoms with van der Waals surface area (Å²) in [5.74, 6) is -0.0316. The van der Waals surface area contributed by atoms with Crippen LogP contribution in [-0.4, -0.2) is 45.4 Å². The minimum Gasteiger partial charge on any atom is -0.342 e. The number of halogens is 1. The molecule has 1 aromatic rings. The number of rotatable bonds is 6. The van der Waals surface area contributed by atoms with Gasteiger partial charge in [-0.05, 0) is 49.4 Å². The van der Waals surface area contributed by atoms with Gasteiger partial charge in [-0.3, -0.25) is 4.79 Å². The van der Waals surface area contributed by atoms with Crippen molar-refractivity contribution in [2.75, 3.05) is 26.2 Å². The van der Waals surface area contributed by atoms with E-state index in [1.165, 1.54) is 0 Å². The molecule has 1 aliphatic rings. The fraction of sp³-hybridized carbons (Fsp3) is 0.588. The predicted octanol–water partition coefficient (Wildman–Crippen LogP) is 1.59. The Kier molecular flexibility index (Phi) is 7.43. The lowest BCUT2D eigenvalue weighted by Gasteiger charge is -2.22. The van der Waals surface area contributed by atoms with E-state index in [0.717, 1.165) is 12.0 Å². The van der Waals surface area contributed by atoms with E-state index in [1.807, 2.05) is 13.0 Å². The highest BCUT2D eigenvalue weighted by molar-refractivity contribution is 7.89. The third-order valence-corrected chi connectivity index (χ3v) is 6.27. The van der Waals surface area contributed by atoms with E-state index in [4.69, 9.17) is 5.73 Å². The van der Waals surface area contributed by atoms with Crippen LogP contribution in [0, 0.1) is 19.3 Å². The maximum Gasteiger partial charge on any atom is 0.240 e. The second-order valence-corrected chi connectivity index (χ2v) is 8.73. The molecule has 142 valence electrons. The molecule has 1 aliphatic heterocycles. The molecule has 6 nitrogen and oxygen atoms in total. The summed E-state index contributed by atoms with van der Waals surface area (Å²) in [6.45, 7) is 7.67. The molecule has 0 aromatic heterocycles. The summed E-state index contributed by atoms with van der Waals surface area (Å²) in [6, 6.07) is 5.30. The molecule has 1 heterocycles. The maximum atomic E-state index is 12.4. The Hall–Kier alpha value is -1.15. The summed E-state index contributed by atoms with van der Waals surface area (Å²) in [5, 5.41) is 0. The van der Waals surface area contributed by atoms with Crippen LogP contribution in [0.3, 0.4) is 0 Å². The highest BCUT2D eigenvalue weighted by Crippen LogP contribution is 2.28. The van der Waals surface area contributed by atoms with Crippen LogP contribution in [-0.2, 0) is 14.8 Å². The van der Waals surface area contributed by atoms with Crippen molar-refractivity contribution in [1.82, 2.24) is 9.62 Å². The lowest BCUT2D eigenvalue weighted by molar-refractivity contribution is -0.130. The number of nitrogens with zero attached hydrogens (tertiary/aromatic N) is 1. The first-order valence-electron chi connectivity index (χ1n) is 8.22. The van der Waals surface area contributed by atoms with Crippen molar-refractivity contribution in [2.45, 2.75) is 38.5 Å². The molecule has 1 aromatic carbocycles. The Morgan fingerprint density at radius 1 is 1.36 bits per heavy atom. The van der Waals surface area contributed by atoms with Crippen molar-refractivity contribution in [3.05, 3.63) is 29.3 Å². The molecule has 2 rings (SSSR count). The highest BCUT2D eigenvalue weighted by atomic mass is 35.5. The zero-order valence-electron chi connectivity index (χ0n) is 15.0. The lowest BCUT2D eigenvalue weighted by Crippen LogP contribution is -2.36. The summed E-state index contributed by atoms with van der Waals surface area (Å²) in [6.07, 6.45) is 1.05. The second kappa shape index (κ2) is 8.49. The van der Waals surface area contributed by atoms with Crippen molar-refractivity contribution in [2.24, 2.45) is 11.1 Å². The number of hydrogen-bond acceptors (Lipinski definition) is 4. The standard InChI is InChI=1S/C17H27N3O3S.ClH/c1-13-4-5-14(2)15(10-13)24(22,23)19-8-6-16(21)20-9-7-17(3,11-18)12-20;/h4-5,10,19H,6-9,11-12,18H2,1-3H3;1H. The molecule has 1 fully saturated rings. The first kappa shape index (κ1) is 21.9. The average molecular weight is 390 g/mol. The number of carbonyl (C=O) groups is 1. The molecule has 0 radical (unpaired) electrons. The van der Waals surface area contributed by atoms with Crippen molar-refractivity contribution in [3.63, 3.8) is 0 Å². The van der Waals surface area contributed by atoms with Gasteiger partial charge in [-0.2, -0.15) is 0 Å². The van der Waals surface area contributed by atoms with Crippen LogP contribution in [0.15, 0.2) is 23.1 Å². The molecule has 0 aliphatic carbocycles. The van der Waals surface area contributed by atoms with E-state index >= 15 is 0 Å². The van der Waals surface area contributed by atoms with E-state index in [1.54, 1.807) is 24.0 Å². The number of benzene rings is 1. The topological polar surface area (TPSA) is 92.5 Å². The molecule has 0 bridgehead atoms. The van der Waals surface area contributed by atoms with Crippen LogP contribution in [0.5, 0.6) is 0 Å². The van der Waals surface area contributed by atoms with Crippen LogP contribution in [0.2, 0.25) is 0 Å². The van der Waals surface area contributed by atoms with Gasteiger partial charge >= 0.3 is 0 Å². The Balaban J connectivity index is 0.00000312. The monoisotopic (exact) mass is 389 g/mol. The number of sulfonamides is 1. The SMILES string of the molecule is Cc1ccc(C)c(S(=O)(=O)NCCC(=O)N2CCC(C)(CN)C2)c1.Cl. The number of likely N-dealkylation sites (tertiary alicyclic amines) is 1. The van der Waals surface area contributed by atoms with Gasteiger partial charge in [0, 0.05) is 26.1 Å². The van der Waals surface area contributed by atoms with Gasteiger partial charge in [0.05, 0.1) is 4.90 Å². The summed E-state index contributed by atoms with van der Waals surface area (Å²) < 4.78 is 27.3. The van der Waals surface area contributed by atoms with E-state index in [-0.39, 0.29) is 41.6 Å². The fourth-order valence-electron chi connectivity index (χ4n) is 2.93. The number of carbonyl (C=O) groups excluding carboxylic acids is 1. The van der Waals surface area contributed by atoms with Gasteiger partial charge in [-0.25, -0.2) is 13.1 Å². The molecule has 0 spiro atoms. The first-order chi connectivity index (χ1) is 11.2. The zero-order valence-corrected chi connectivity index (χ0v) is 16.7. The van der Waals surface area contributed by atoms with E-state index in [9.17, 15) is 13.2 Å². The van der Waals surface area contributed by atoms with Crippen LogP contribution in [0.4, 0.5) is 0 Å². The first-order valence-corrected chi connectivity index (χ1v) is 9.70. The molecule has 1 unspecified atom stereocenters. The van der Waals surface area contributed by atoms with E-state index < -0.39 is 10.0 Å². The van der Waals surface area contributed by atoms with Gasteiger partial charge in [-0.15, -0.1) is 12.4 Å². The fourth-order valence-corrected chi connectivity index (χ4v) is 4.29. The molecule has 1 atom stereocenters. The van der Waals surface area contributed by atoms with Crippen molar-refractivity contribution in [3.8, 4) is 0 Å². The van der Waals surface area contributed by atoms with Crippen molar-refractivity contribution >= 4 is 28.3 Å². The number of amides is 1. The molecule has 1 amide bonds. The summed E-state index contributed by atoms with van der Waals surface area (Å²) in [4.78, 5) is 14.3. The van der Waals surface area contributed by atoms with Crippen molar-refractivity contribution < 1.29 is 13.2 Å². The Bertz CT molecular complexity index is 724. The third kappa shape index (κ3) is 5.41. The van der Waals surface area contributed by atoms with Gasteiger partial charge in [0.2, 0.25) is 15.9 Å². The van der Waals surface area contributed by atoms with Crippen LogP contribution >= 0.6 is 12.4 Å². The lowest BCUT2D eigenvalue weighted by atomic mass is 9.90. The predicted molar refractivity (Wildman–Crippen MR) is 101 cm³/mol. The molecule has 25 heavy (non-hydrogen) atoms.